The van der Waals surface area contributed by atoms with Gasteiger partial charge in [-0.05, 0) is 91.0 Å². The Bertz CT molecular complexity index is 1470. The molecular weight excluding hydrogens is 484 g/mol. The van der Waals surface area contributed by atoms with Gasteiger partial charge in [-0.25, -0.2) is 4.98 Å². The zero-order valence-electron chi connectivity index (χ0n) is 21.0. The van der Waals surface area contributed by atoms with E-state index >= 15 is 0 Å². The maximum absolute atomic E-state index is 13.1. The Morgan fingerprint density at radius 2 is 2.03 bits per heavy atom. The van der Waals surface area contributed by atoms with E-state index in [1.165, 1.54) is 31.5 Å². The summed E-state index contributed by atoms with van der Waals surface area (Å²) >= 11 is 1.69. The molecule has 0 bridgehead atoms. The molecule has 1 amide bonds. The van der Waals surface area contributed by atoms with Gasteiger partial charge in [-0.1, -0.05) is 6.92 Å². The van der Waals surface area contributed by atoms with Crippen LogP contribution in [-0.4, -0.2) is 63.4 Å². The molecule has 3 N–H and O–H groups in total. The fourth-order valence-electron chi connectivity index (χ4n) is 5.47. The van der Waals surface area contributed by atoms with Crippen molar-refractivity contribution in [3.63, 3.8) is 0 Å². The third-order valence-electron chi connectivity index (χ3n) is 7.60. The van der Waals surface area contributed by atoms with Crippen molar-refractivity contribution in [2.24, 2.45) is 0 Å². The highest BCUT2D eigenvalue weighted by Crippen LogP contribution is 2.30. The molecule has 192 valence electrons. The van der Waals surface area contributed by atoms with Gasteiger partial charge in [0.25, 0.3) is 11.5 Å². The van der Waals surface area contributed by atoms with E-state index in [4.69, 9.17) is 4.98 Å². The molecule has 8 nitrogen and oxygen atoms in total. The van der Waals surface area contributed by atoms with Crippen LogP contribution in [0, 0.1) is 0 Å². The van der Waals surface area contributed by atoms with Crippen LogP contribution in [0.2, 0.25) is 0 Å². The van der Waals surface area contributed by atoms with Crippen molar-refractivity contribution >= 4 is 34.0 Å². The van der Waals surface area contributed by atoms with Crippen LogP contribution in [0.25, 0.3) is 22.4 Å². The number of carbonyl (C=O) groups is 1. The van der Waals surface area contributed by atoms with Crippen LogP contribution < -0.4 is 10.9 Å². The van der Waals surface area contributed by atoms with Gasteiger partial charge >= 0.3 is 0 Å². The number of carbonyl (C=O) groups excluding carboxylic acids is 1. The first-order chi connectivity index (χ1) is 18.1. The normalized spacial score (nSPS) is 16.6. The number of aromatic nitrogens is 3. The standard InChI is InChI=1S/C28H32N6O2S/c1-18(19-6-12-37-17-19)15-30-22-5-7-29-27(35)25(22)26-31-23-13-20-16-34(11-4-10-33-8-2-3-9-33)28(36)21(20)14-24(23)32-26/h5-7,12-14,17-18H,2-4,8-11,15-16H2,1H3,(H,31,32)(H2,29,30,35). The van der Waals surface area contributed by atoms with Crippen molar-refractivity contribution in [2.75, 3.05) is 38.0 Å². The summed E-state index contributed by atoms with van der Waals surface area (Å²) in [6.07, 6.45) is 5.22. The summed E-state index contributed by atoms with van der Waals surface area (Å²) < 4.78 is 0. The topological polar surface area (TPSA) is 97.1 Å². The number of aromatic amines is 2. The van der Waals surface area contributed by atoms with E-state index in [0.29, 0.717) is 30.4 Å². The molecular formula is C28H32N6O2S. The van der Waals surface area contributed by atoms with E-state index in [-0.39, 0.29) is 11.5 Å². The van der Waals surface area contributed by atoms with Gasteiger partial charge in [0.05, 0.1) is 16.7 Å². The van der Waals surface area contributed by atoms with E-state index in [1.54, 1.807) is 17.5 Å². The molecule has 37 heavy (non-hydrogen) atoms. The lowest BCUT2D eigenvalue weighted by Crippen LogP contribution is -2.29. The fourth-order valence-corrected chi connectivity index (χ4v) is 6.25. The van der Waals surface area contributed by atoms with Gasteiger partial charge in [0.1, 0.15) is 11.4 Å². The van der Waals surface area contributed by atoms with E-state index in [9.17, 15) is 9.59 Å². The predicted octanol–water partition coefficient (Wildman–Crippen LogP) is 4.64. The van der Waals surface area contributed by atoms with Gasteiger partial charge in [-0.2, -0.15) is 11.3 Å². The summed E-state index contributed by atoms with van der Waals surface area (Å²) in [5, 5.41) is 7.67. The largest absolute Gasteiger partial charge is 0.384 e. The van der Waals surface area contributed by atoms with Crippen LogP contribution in [0.1, 0.15) is 53.6 Å². The second-order valence-electron chi connectivity index (χ2n) is 10.2. The summed E-state index contributed by atoms with van der Waals surface area (Å²) in [6, 6.07) is 7.89. The van der Waals surface area contributed by atoms with Gasteiger partial charge in [-0.15, -0.1) is 0 Å². The number of nitrogens with one attached hydrogen (secondary N) is 3. The Kier molecular flexibility index (Phi) is 6.56. The Morgan fingerprint density at radius 1 is 1.16 bits per heavy atom. The van der Waals surface area contributed by atoms with Gasteiger partial charge in [0, 0.05) is 31.4 Å². The quantitative estimate of drug-likeness (QED) is 0.301. The van der Waals surface area contributed by atoms with Crippen LogP contribution in [-0.2, 0) is 6.54 Å². The van der Waals surface area contributed by atoms with Gasteiger partial charge in [0.2, 0.25) is 0 Å². The highest BCUT2D eigenvalue weighted by Gasteiger charge is 2.28. The minimum atomic E-state index is -0.208. The molecule has 1 unspecified atom stereocenters. The molecule has 3 aromatic heterocycles. The van der Waals surface area contributed by atoms with Crippen molar-refractivity contribution in [1.82, 2.24) is 24.8 Å². The third kappa shape index (κ3) is 4.81. The molecule has 6 rings (SSSR count). The van der Waals surface area contributed by atoms with Gasteiger partial charge in [-0.3, -0.25) is 9.59 Å². The molecule has 2 aliphatic heterocycles. The Morgan fingerprint density at radius 3 is 2.84 bits per heavy atom. The van der Waals surface area contributed by atoms with Gasteiger partial charge < -0.3 is 25.1 Å². The maximum atomic E-state index is 13.1. The number of hydrogen-bond acceptors (Lipinski definition) is 6. The van der Waals surface area contributed by atoms with E-state index in [1.807, 2.05) is 23.1 Å². The first-order valence-corrected chi connectivity index (χ1v) is 14.0. The molecule has 1 fully saturated rings. The third-order valence-corrected chi connectivity index (χ3v) is 8.30. The zero-order chi connectivity index (χ0) is 25.4. The van der Waals surface area contributed by atoms with Crippen LogP contribution in [0.4, 0.5) is 5.69 Å². The number of H-pyrrole nitrogens is 2. The first-order valence-electron chi connectivity index (χ1n) is 13.1. The number of anilines is 1. The monoisotopic (exact) mass is 516 g/mol. The smallest absolute Gasteiger partial charge is 0.261 e. The number of rotatable bonds is 9. The van der Waals surface area contributed by atoms with Crippen molar-refractivity contribution in [2.45, 2.75) is 38.6 Å². The number of hydrogen-bond donors (Lipinski definition) is 3. The van der Waals surface area contributed by atoms with E-state index in [2.05, 4.69) is 43.9 Å². The van der Waals surface area contributed by atoms with Crippen LogP contribution >= 0.6 is 11.3 Å². The lowest BCUT2D eigenvalue weighted by atomic mass is 10.0. The van der Waals surface area contributed by atoms with Crippen LogP contribution in [0.15, 0.2) is 46.0 Å². The highest BCUT2D eigenvalue weighted by molar-refractivity contribution is 7.08. The van der Waals surface area contributed by atoms with Crippen molar-refractivity contribution < 1.29 is 4.79 Å². The number of pyridine rings is 1. The molecule has 0 radical (unpaired) electrons. The summed E-state index contributed by atoms with van der Waals surface area (Å²) in [7, 11) is 0. The Labute approximate surface area is 219 Å². The average Bonchev–Trinajstić information content (AvgIpc) is 3.70. The minimum absolute atomic E-state index is 0.0804. The summed E-state index contributed by atoms with van der Waals surface area (Å²) in [5.74, 6) is 0.888. The van der Waals surface area contributed by atoms with Crippen molar-refractivity contribution in [1.29, 1.82) is 0 Å². The summed E-state index contributed by atoms with van der Waals surface area (Å²) in [5.41, 5.74) is 5.54. The second-order valence-corrected chi connectivity index (χ2v) is 11.0. The molecule has 5 heterocycles. The number of fused-ring (bicyclic) bond motifs is 2. The SMILES string of the molecule is CC(CNc1cc[nH]c(=O)c1-c1nc2cc3c(cc2[nH]1)C(=O)N(CCCN1CCCC1)C3)c1ccsc1. The molecule has 4 aromatic rings. The van der Waals surface area contributed by atoms with E-state index in [0.717, 1.165) is 47.4 Å². The molecule has 1 atom stereocenters. The molecule has 0 aliphatic carbocycles. The maximum Gasteiger partial charge on any atom is 0.261 e. The summed E-state index contributed by atoms with van der Waals surface area (Å²) in [6.45, 7) is 7.67. The van der Waals surface area contributed by atoms with Crippen LogP contribution in [0.3, 0.4) is 0 Å². The van der Waals surface area contributed by atoms with Crippen molar-refractivity contribution in [3.8, 4) is 11.4 Å². The number of likely N-dealkylation sites (tertiary alicyclic amines) is 1. The Hall–Kier alpha value is -3.43. The number of imidazole rings is 1. The molecule has 0 spiro atoms. The molecule has 1 saturated heterocycles. The molecule has 0 saturated carbocycles. The Balaban J connectivity index is 1.20. The minimum Gasteiger partial charge on any atom is -0.384 e. The summed E-state index contributed by atoms with van der Waals surface area (Å²) in [4.78, 5) is 41.3. The van der Waals surface area contributed by atoms with Crippen LogP contribution in [0.5, 0.6) is 0 Å². The highest BCUT2D eigenvalue weighted by atomic mass is 32.1. The lowest BCUT2D eigenvalue weighted by molar-refractivity contribution is 0.0772. The average molecular weight is 517 g/mol. The number of benzene rings is 1. The fraction of sp³-hybridized carbons (Fsp3) is 0.393. The lowest BCUT2D eigenvalue weighted by Gasteiger charge is -2.19. The first kappa shape index (κ1) is 23.9. The number of thiophene rings is 1. The van der Waals surface area contributed by atoms with Gasteiger partial charge in [0.15, 0.2) is 0 Å². The predicted molar refractivity (Wildman–Crippen MR) is 148 cm³/mol. The van der Waals surface area contributed by atoms with Crippen molar-refractivity contribution in [3.05, 3.63) is 68.3 Å². The molecule has 1 aromatic carbocycles. The molecule has 2 aliphatic rings. The molecule has 9 heteroatoms. The number of amides is 1. The zero-order valence-corrected chi connectivity index (χ0v) is 21.9. The number of nitrogens with zero attached hydrogens (tertiary/aromatic N) is 3. The van der Waals surface area contributed by atoms with E-state index < -0.39 is 0 Å². The second kappa shape index (κ2) is 10.1.